The molecule has 3 aromatic rings. The number of fused-ring (bicyclic) bond motifs is 1. The number of benzene rings is 3. The average molecular weight is 643 g/mol. The summed E-state index contributed by atoms with van der Waals surface area (Å²) in [5, 5.41) is -0.362. The molecule has 3 nitrogen and oxygen atoms in total. The molecule has 0 radical (unpaired) electrons. The van der Waals surface area contributed by atoms with Crippen LogP contribution in [0, 0.1) is 5.92 Å². The fraction of sp³-hybridized carbons (Fsp3) is 0.286. The molecule has 1 unspecified atom stereocenters. The summed E-state index contributed by atoms with van der Waals surface area (Å²) in [5.41, 5.74) is -0.664. The summed E-state index contributed by atoms with van der Waals surface area (Å²) in [5.74, 6) is -6.31. The first kappa shape index (κ1) is 32.7. The average Bonchev–Trinajstić information content (AvgIpc) is 2.87. The third kappa shape index (κ3) is 7.93. The number of carbonyl (C=O) groups excluding carboxylic acids is 2. The van der Waals surface area contributed by atoms with Gasteiger partial charge in [0, 0.05) is 30.5 Å². The number of ketones is 1. The molecule has 0 saturated carbocycles. The van der Waals surface area contributed by atoms with Gasteiger partial charge in [0.2, 0.25) is 5.91 Å². The van der Waals surface area contributed by atoms with Crippen LogP contribution in [0.1, 0.15) is 40.7 Å². The first-order valence-corrected chi connectivity index (χ1v) is 13.0. The van der Waals surface area contributed by atoms with E-state index in [4.69, 9.17) is 34.8 Å². The molecule has 0 N–H and O–H groups in total. The maximum atomic E-state index is 15.5. The third-order valence-electron chi connectivity index (χ3n) is 6.22. The number of amides is 1. The summed E-state index contributed by atoms with van der Waals surface area (Å²) in [4.78, 5) is 25.9. The molecule has 0 saturated heterocycles. The van der Waals surface area contributed by atoms with Gasteiger partial charge < -0.3 is 4.90 Å². The maximum Gasteiger partial charge on any atom is 0.406 e. The van der Waals surface area contributed by atoms with E-state index in [2.05, 4.69) is 0 Å². The molecule has 0 aliphatic heterocycles. The lowest BCUT2D eigenvalue weighted by Gasteiger charge is -2.22. The second-order valence-corrected chi connectivity index (χ2v) is 10.6. The molecule has 220 valence electrons. The molecule has 3 aromatic carbocycles. The molecule has 1 amide bonds. The second-order valence-electron chi connectivity index (χ2n) is 9.38. The van der Waals surface area contributed by atoms with Gasteiger partial charge in [-0.25, -0.2) is 4.39 Å². The van der Waals surface area contributed by atoms with Crippen molar-refractivity contribution in [2.75, 3.05) is 13.6 Å². The number of alkyl halides is 6. The highest BCUT2D eigenvalue weighted by Crippen LogP contribution is 2.43. The summed E-state index contributed by atoms with van der Waals surface area (Å²) in [6, 6.07) is 10.1. The van der Waals surface area contributed by atoms with Crippen LogP contribution in [-0.4, -0.2) is 42.5 Å². The molecular formula is C28H21Cl3F7NO2. The van der Waals surface area contributed by atoms with Crippen molar-refractivity contribution in [3.05, 3.63) is 86.4 Å². The first-order valence-electron chi connectivity index (χ1n) is 11.9. The highest BCUT2D eigenvalue weighted by atomic mass is 35.5. The van der Waals surface area contributed by atoms with Gasteiger partial charge in [-0.2, -0.15) is 26.3 Å². The zero-order valence-electron chi connectivity index (χ0n) is 21.3. The lowest BCUT2D eigenvalue weighted by atomic mass is 9.91. The smallest absolute Gasteiger partial charge is 0.336 e. The van der Waals surface area contributed by atoms with E-state index in [0.29, 0.717) is 11.0 Å². The lowest BCUT2D eigenvalue weighted by Crippen LogP contribution is -2.39. The Kier molecular flexibility index (Phi) is 10.0. The van der Waals surface area contributed by atoms with E-state index < -0.39 is 60.2 Å². The SMILES string of the molecule is C[C@@H](CC(=O)c1ccc(/C(F)=C/C(c2cc(Cl)c(Cl)c(Cl)c2)C(F)(F)F)c2ccccc12)C(=O)N(C)CC(F)(F)F. The van der Waals surface area contributed by atoms with Gasteiger partial charge in [0.1, 0.15) is 18.3 Å². The Labute approximate surface area is 245 Å². The van der Waals surface area contributed by atoms with E-state index in [9.17, 15) is 35.9 Å². The Morgan fingerprint density at radius 3 is 1.93 bits per heavy atom. The minimum atomic E-state index is -4.94. The number of Topliss-reactive ketones (excluding diaryl/α,β-unsaturated/α-hetero) is 1. The van der Waals surface area contributed by atoms with Gasteiger partial charge in [-0.3, -0.25) is 9.59 Å². The summed E-state index contributed by atoms with van der Waals surface area (Å²) in [6.07, 6.45) is -9.65. The normalized spacial score (nSPS) is 14.2. The number of carbonyl (C=O) groups is 2. The van der Waals surface area contributed by atoms with E-state index in [0.717, 1.165) is 25.2 Å². The number of rotatable bonds is 8. The van der Waals surface area contributed by atoms with Gasteiger partial charge in [0.25, 0.3) is 0 Å². The molecule has 0 heterocycles. The van der Waals surface area contributed by atoms with E-state index in [1.165, 1.54) is 37.3 Å². The molecular weight excluding hydrogens is 622 g/mol. The van der Waals surface area contributed by atoms with Crippen LogP contribution in [0.5, 0.6) is 0 Å². The Hall–Kier alpha value is -2.82. The van der Waals surface area contributed by atoms with Gasteiger partial charge in [0.15, 0.2) is 5.78 Å². The van der Waals surface area contributed by atoms with E-state index in [1.807, 2.05) is 0 Å². The fourth-order valence-corrected chi connectivity index (χ4v) is 4.93. The standard InChI is InChI=1S/C28H21Cl3F7NO2/c1-14(26(41)39(2)13-27(33,34)35)9-24(40)19-8-7-18(16-5-3-4-6-17(16)19)23(32)12-20(28(36,37)38)15-10-21(29)25(31)22(30)11-15/h3-8,10-12,14,20H,9,13H2,1-2H3/b23-12-/t14-,20?/m0/s1. The molecule has 2 atom stereocenters. The second kappa shape index (κ2) is 12.6. The van der Waals surface area contributed by atoms with E-state index >= 15 is 4.39 Å². The fourth-order valence-electron chi connectivity index (χ4n) is 4.32. The Balaban J connectivity index is 1.99. The predicted octanol–water partition coefficient (Wildman–Crippen LogP) is 9.69. The Bertz CT molecular complexity index is 1480. The molecule has 3 rings (SSSR count). The van der Waals surface area contributed by atoms with Crippen molar-refractivity contribution in [2.45, 2.75) is 31.6 Å². The minimum Gasteiger partial charge on any atom is -0.336 e. The highest BCUT2D eigenvalue weighted by Gasteiger charge is 2.40. The first-order chi connectivity index (χ1) is 18.9. The van der Waals surface area contributed by atoms with Crippen LogP contribution in [0.2, 0.25) is 15.1 Å². The monoisotopic (exact) mass is 641 g/mol. The molecule has 0 spiro atoms. The minimum absolute atomic E-state index is 0.0268. The zero-order valence-corrected chi connectivity index (χ0v) is 23.6. The lowest BCUT2D eigenvalue weighted by molar-refractivity contribution is -0.160. The predicted molar refractivity (Wildman–Crippen MR) is 145 cm³/mol. The zero-order chi connectivity index (χ0) is 30.9. The molecule has 0 aliphatic rings. The van der Waals surface area contributed by atoms with Gasteiger partial charge in [-0.1, -0.05) is 78.1 Å². The maximum absolute atomic E-state index is 15.5. The van der Waals surface area contributed by atoms with Crippen molar-refractivity contribution >= 4 is 63.1 Å². The van der Waals surface area contributed by atoms with Gasteiger partial charge >= 0.3 is 12.4 Å². The number of nitrogens with zero attached hydrogens (tertiary/aromatic N) is 1. The molecule has 0 aliphatic carbocycles. The topological polar surface area (TPSA) is 37.4 Å². The van der Waals surface area contributed by atoms with Crippen LogP contribution in [0.15, 0.2) is 54.6 Å². The summed E-state index contributed by atoms with van der Waals surface area (Å²) >= 11 is 17.6. The largest absolute Gasteiger partial charge is 0.406 e. The van der Waals surface area contributed by atoms with Gasteiger partial charge in [-0.05, 0) is 34.5 Å². The number of hydrogen-bond donors (Lipinski definition) is 0. The van der Waals surface area contributed by atoms with Crippen molar-refractivity contribution in [2.24, 2.45) is 5.92 Å². The Morgan fingerprint density at radius 2 is 1.41 bits per heavy atom. The van der Waals surface area contributed by atoms with Crippen LogP contribution in [-0.2, 0) is 4.79 Å². The van der Waals surface area contributed by atoms with Crippen molar-refractivity contribution < 1.29 is 40.3 Å². The van der Waals surface area contributed by atoms with Gasteiger partial charge in [-0.15, -0.1) is 0 Å². The van der Waals surface area contributed by atoms with Gasteiger partial charge in [0.05, 0.1) is 15.1 Å². The molecule has 0 bridgehead atoms. The number of halogens is 10. The van der Waals surface area contributed by atoms with Crippen LogP contribution >= 0.6 is 34.8 Å². The van der Waals surface area contributed by atoms with Crippen molar-refractivity contribution in [3.8, 4) is 0 Å². The van der Waals surface area contributed by atoms with Crippen LogP contribution in [0.3, 0.4) is 0 Å². The van der Waals surface area contributed by atoms with Crippen LogP contribution in [0.4, 0.5) is 30.7 Å². The van der Waals surface area contributed by atoms with Crippen molar-refractivity contribution in [3.63, 3.8) is 0 Å². The summed E-state index contributed by atoms with van der Waals surface area (Å²) in [7, 11) is 0.969. The van der Waals surface area contributed by atoms with Crippen LogP contribution < -0.4 is 0 Å². The van der Waals surface area contributed by atoms with Crippen LogP contribution in [0.25, 0.3) is 16.6 Å². The molecule has 0 fully saturated rings. The highest BCUT2D eigenvalue weighted by molar-refractivity contribution is 6.48. The quantitative estimate of drug-likeness (QED) is 0.139. The Morgan fingerprint density at radius 1 is 0.902 bits per heavy atom. The summed E-state index contributed by atoms with van der Waals surface area (Å²) < 4.78 is 95.5. The number of allylic oxidation sites excluding steroid dienone is 1. The molecule has 0 aromatic heterocycles. The third-order valence-corrected chi connectivity index (χ3v) is 7.42. The molecule has 13 heteroatoms. The molecule has 41 heavy (non-hydrogen) atoms. The summed E-state index contributed by atoms with van der Waals surface area (Å²) in [6.45, 7) is -0.181. The van der Waals surface area contributed by atoms with Crippen molar-refractivity contribution in [1.29, 1.82) is 0 Å². The number of hydrogen-bond acceptors (Lipinski definition) is 2. The van der Waals surface area contributed by atoms with E-state index in [-0.39, 0.29) is 37.0 Å². The van der Waals surface area contributed by atoms with Crippen molar-refractivity contribution in [1.82, 2.24) is 4.90 Å². The van der Waals surface area contributed by atoms with E-state index in [1.54, 1.807) is 0 Å².